The first kappa shape index (κ1) is 7.43. The lowest BCUT2D eigenvalue weighted by molar-refractivity contribution is 0.0824. The predicted molar refractivity (Wildman–Crippen MR) is 45.5 cm³/mol. The molecule has 1 N–H and O–H groups in total. The summed E-state index contributed by atoms with van der Waals surface area (Å²) < 4.78 is 0. The number of rotatable bonds is 1. The van der Waals surface area contributed by atoms with E-state index in [2.05, 4.69) is 24.1 Å². The van der Waals surface area contributed by atoms with Crippen LogP contribution in [0.2, 0.25) is 0 Å². The lowest BCUT2D eigenvalue weighted by atomic mass is 10.1. The third-order valence-corrected chi connectivity index (χ3v) is 3.45. The molecule has 2 unspecified atom stereocenters. The highest BCUT2D eigenvalue weighted by atomic mass is 32.2. The van der Waals surface area contributed by atoms with Gasteiger partial charge >= 0.3 is 0 Å². The van der Waals surface area contributed by atoms with Crippen LogP contribution in [0.15, 0.2) is 0 Å². The summed E-state index contributed by atoms with van der Waals surface area (Å²) in [5.74, 6) is 0. The SMILES string of the molecule is CC(C)N1CC2NC(=O)SC21. The molecule has 0 radical (unpaired) electrons. The molecule has 0 aliphatic carbocycles. The summed E-state index contributed by atoms with van der Waals surface area (Å²) in [5, 5.41) is 3.48. The first-order chi connectivity index (χ1) is 5.18. The topological polar surface area (TPSA) is 32.3 Å². The van der Waals surface area contributed by atoms with Gasteiger partial charge in [-0.25, -0.2) is 0 Å². The van der Waals surface area contributed by atoms with E-state index in [1.54, 1.807) is 0 Å². The Morgan fingerprint density at radius 2 is 2.45 bits per heavy atom. The van der Waals surface area contributed by atoms with Crippen LogP contribution >= 0.6 is 11.8 Å². The molecular formula is C7H12N2OS. The Bertz CT molecular complexity index is 195. The number of thioether (sulfide) groups is 1. The highest BCUT2D eigenvalue weighted by Crippen LogP contribution is 2.35. The molecule has 0 saturated carbocycles. The highest BCUT2D eigenvalue weighted by molar-refractivity contribution is 8.14. The molecular weight excluding hydrogens is 160 g/mol. The van der Waals surface area contributed by atoms with Crippen molar-refractivity contribution in [2.75, 3.05) is 6.54 Å². The van der Waals surface area contributed by atoms with Gasteiger partial charge in [0.2, 0.25) is 0 Å². The normalized spacial score (nSPS) is 36.8. The van der Waals surface area contributed by atoms with Crippen molar-refractivity contribution >= 4 is 17.0 Å². The predicted octanol–water partition coefficient (Wildman–Crippen LogP) is 0.862. The summed E-state index contributed by atoms with van der Waals surface area (Å²) in [6.07, 6.45) is 0. The van der Waals surface area contributed by atoms with Crippen molar-refractivity contribution in [1.82, 2.24) is 10.2 Å². The standard InChI is InChI=1S/C7H12N2OS/c1-4(2)9-3-5-6(9)11-7(10)8-5/h4-6H,3H2,1-2H3,(H,8,10). The summed E-state index contributed by atoms with van der Waals surface area (Å²) in [5.41, 5.74) is 0. The van der Waals surface area contributed by atoms with Gasteiger partial charge in [-0.15, -0.1) is 0 Å². The Hall–Kier alpha value is -0.220. The molecule has 0 aromatic rings. The third-order valence-electron chi connectivity index (χ3n) is 2.27. The number of likely N-dealkylation sites (tertiary alicyclic amines) is 1. The van der Waals surface area contributed by atoms with Crippen LogP contribution in [0.3, 0.4) is 0 Å². The molecule has 4 heteroatoms. The Kier molecular flexibility index (Phi) is 1.61. The monoisotopic (exact) mass is 172 g/mol. The van der Waals surface area contributed by atoms with Crippen LogP contribution in [0.25, 0.3) is 0 Å². The van der Waals surface area contributed by atoms with Gasteiger partial charge in [0.15, 0.2) is 0 Å². The van der Waals surface area contributed by atoms with Crippen LogP contribution in [0, 0.1) is 0 Å². The number of fused-ring (bicyclic) bond motifs is 1. The van der Waals surface area contributed by atoms with Gasteiger partial charge in [0.1, 0.15) is 0 Å². The van der Waals surface area contributed by atoms with E-state index in [1.165, 1.54) is 11.8 Å². The van der Waals surface area contributed by atoms with E-state index in [0.717, 1.165) is 6.54 Å². The summed E-state index contributed by atoms with van der Waals surface area (Å²) in [6, 6.07) is 0.992. The Labute approximate surface area is 70.5 Å². The van der Waals surface area contributed by atoms with Gasteiger partial charge in [-0.05, 0) is 25.6 Å². The zero-order chi connectivity index (χ0) is 8.01. The quantitative estimate of drug-likeness (QED) is 0.636. The molecule has 0 bridgehead atoms. The van der Waals surface area contributed by atoms with E-state index in [1.807, 2.05) is 0 Å². The fourth-order valence-electron chi connectivity index (χ4n) is 1.58. The van der Waals surface area contributed by atoms with Crippen molar-refractivity contribution in [2.45, 2.75) is 31.3 Å². The number of hydrogen-bond donors (Lipinski definition) is 1. The molecule has 2 fully saturated rings. The van der Waals surface area contributed by atoms with Crippen molar-refractivity contribution in [3.8, 4) is 0 Å². The zero-order valence-corrected chi connectivity index (χ0v) is 7.52. The molecule has 2 heterocycles. The van der Waals surface area contributed by atoms with E-state index in [9.17, 15) is 4.79 Å². The van der Waals surface area contributed by atoms with Crippen molar-refractivity contribution in [2.24, 2.45) is 0 Å². The van der Waals surface area contributed by atoms with Crippen LogP contribution < -0.4 is 5.32 Å². The van der Waals surface area contributed by atoms with Gasteiger partial charge in [0, 0.05) is 12.6 Å². The van der Waals surface area contributed by atoms with Gasteiger partial charge in [-0.2, -0.15) is 0 Å². The molecule has 0 spiro atoms. The lowest BCUT2D eigenvalue weighted by Crippen LogP contribution is -2.62. The van der Waals surface area contributed by atoms with Crippen molar-refractivity contribution < 1.29 is 4.79 Å². The minimum Gasteiger partial charge on any atom is -0.340 e. The fraction of sp³-hybridized carbons (Fsp3) is 0.857. The molecule has 2 aliphatic heterocycles. The first-order valence-corrected chi connectivity index (χ1v) is 4.79. The summed E-state index contributed by atoms with van der Waals surface area (Å²) >= 11 is 1.43. The number of nitrogens with one attached hydrogen (secondary N) is 1. The smallest absolute Gasteiger partial charge is 0.281 e. The molecule has 0 aromatic heterocycles. The molecule has 3 nitrogen and oxygen atoms in total. The minimum absolute atomic E-state index is 0.142. The number of amides is 1. The number of hydrogen-bond acceptors (Lipinski definition) is 3. The van der Waals surface area contributed by atoms with Gasteiger partial charge < -0.3 is 5.32 Å². The van der Waals surface area contributed by atoms with Gasteiger partial charge in [-0.3, -0.25) is 9.69 Å². The maximum absolute atomic E-state index is 10.9. The Balaban J connectivity index is 1.99. The summed E-state index contributed by atoms with van der Waals surface area (Å²) in [6.45, 7) is 5.36. The Morgan fingerprint density at radius 3 is 3.00 bits per heavy atom. The zero-order valence-electron chi connectivity index (χ0n) is 6.70. The number of carbonyl (C=O) groups is 1. The van der Waals surface area contributed by atoms with Gasteiger partial charge in [0.05, 0.1) is 11.4 Å². The largest absolute Gasteiger partial charge is 0.340 e. The van der Waals surface area contributed by atoms with E-state index in [-0.39, 0.29) is 5.24 Å². The van der Waals surface area contributed by atoms with E-state index >= 15 is 0 Å². The maximum Gasteiger partial charge on any atom is 0.281 e. The molecule has 2 saturated heterocycles. The van der Waals surface area contributed by atoms with Crippen LogP contribution in [-0.4, -0.2) is 34.1 Å². The molecule has 1 amide bonds. The van der Waals surface area contributed by atoms with Gasteiger partial charge in [0.25, 0.3) is 5.24 Å². The van der Waals surface area contributed by atoms with E-state index < -0.39 is 0 Å². The van der Waals surface area contributed by atoms with Crippen LogP contribution in [0.1, 0.15) is 13.8 Å². The molecule has 62 valence electrons. The molecule has 2 rings (SSSR count). The average Bonchev–Trinajstić information content (AvgIpc) is 2.13. The van der Waals surface area contributed by atoms with Gasteiger partial charge in [-0.1, -0.05) is 0 Å². The van der Waals surface area contributed by atoms with E-state index in [4.69, 9.17) is 0 Å². The highest BCUT2D eigenvalue weighted by Gasteiger charge is 2.47. The first-order valence-electron chi connectivity index (χ1n) is 3.91. The number of carbonyl (C=O) groups excluding carboxylic acids is 1. The molecule has 2 atom stereocenters. The van der Waals surface area contributed by atoms with E-state index in [0.29, 0.717) is 17.5 Å². The second-order valence-corrected chi connectivity index (χ2v) is 4.43. The molecule has 2 aliphatic rings. The Morgan fingerprint density at radius 1 is 1.73 bits per heavy atom. The lowest BCUT2D eigenvalue weighted by Gasteiger charge is -2.44. The van der Waals surface area contributed by atoms with Crippen LogP contribution in [-0.2, 0) is 0 Å². The fourth-order valence-corrected chi connectivity index (χ4v) is 2.80. The second-order valence-electron chi connectivity index (χ2n) is 3.34. The average molecular weight is 172 g/mol. The second kappa shape index (κ2) is 2.38. The van der Waals surface area contributed by atoms with Crippen molar-refractivity contribution in [3.63, 3.8) is 0 Å². The van der Waals surface area contributed by atoms with Crippen LogP contribution in [0.4, 0.5) is 4.79 Å². The molecule has 11 heavy (non-hydrogen) atoms. The van der Waals surface area contributed by atoms with Crippen molar-refractivity contribution in [3.05, 3.63) is 0 Å². The molecule has 0 aromatic carbocycles. The number of nitrogens with zero attached hydrogens (tertiary/aromatic N) is 1. The summed E-state index contributed by atoms with van der Waals surface area (Å²) in [7, 11) is 0. The summed E-state index contributed by atoms with van der Waals surface area (Å²) in [4.78, 5) is 13.2. The van der Waals surface area contributed by atoms with Crippen molar-refractivity contribution in [1.29, 1.82) is 0 Å². The third kappa shape index (κ3) is 1.05. The minimum atomic E-state index is 0.142. The maximum atomic E-state index is 10.9. The van der Waals surface area contributed by atoms with Crippen LogP contribution in [0.5, 0.6) is 0 Å².